The molecule has 1 amide bonds. The third-order valence-corrected chi connectivity index (χ3v) is 4.24. The van der Waals surface area contributed by atoms with Crippen LogP contribution in [0.5, 0.6) is 0 Å². The van der Waals surface area contributed by atoms with Gasteiger partial charge in [0.05, 0.1) is 10.6 Å². The van der Waals surface area contributed by atoms with E-state index in [0.29, 0.717) is 11.6 Å². The van der Waals surface area contributed by atoms with Crippen LogP contribution in [0.15, 0.2) is 48.5 Å². The molecule has 0 atom stereocenters. The highest BCUT2D eigenvalue weighted by atomic mass is 35.5. The maximum atomic E-state index is 12.0. The first kappa shape index (κ1) is 20.6. The quantitative estimate of drug-likeness (QED) is 0.499. The van der Waals surface area contributed by atoms with E-state index in [2.05, 4.69) is 24.5 Å². The number of carbonyl (C=O) groups excluding carboxylic acids is 1. The van der Waals surface area contributed by atoms with Gasteiger partial charge in [-0.25, -0.2) is 4.79 Å². The number of amides is 1. The van der Waals surface area contributed by atoms with Crippen molar-refractivity contribution >= 4 is 52.6 Å². The van der Waals surface area contributed by atoms with E-state index in [1.165, 1.54) is 29.8 Å². The van der Waals surface area contributed by atoms with Crippen LogP contribution in [0.2, 0.25) is 5.02 Å². The van der Waals surface area contributed by atoms with Gasteiger partial charge in [-0.15, -0.1) is 0 Å². The summed E-state index contributed by atoms with van der Waals surface area (Å²) in [6.07, 6.45) is 3.08. The summed E-state index contributed by atoms with van der Waals surface area (Å²) in [5.41, 5.74) is 2.60. The van der Waals surface area contributed by atoms with E-state index >= 15 is 0 Å². The third kappa shape index (κ3) is 6.20. The third-order valence-electron chi connectivity index (χ3n) is 3.72. The summed E-state index contributed by atoms with van der Waals surface area (Å²) in [4.78, 5) is 22.9. The van der Waals surface area contributed by atoms with Crippen molar-refractivity contribution in [3.63, 3.8) is 0 Å². The molecule has 7 heteroatoms. The number of nitrogens with one attached hydrogen (secondary N) is 2. The fraction of sp³-hybridized carbons (Fsp3) is 0.150. The average molecular weight is 403 g/mol. The molecule has 0 spiro atoms. The zero-order valence-corrected chi connectivity index (χ0v) is 16.4. The number of hydrogen-bond donors (Lipinski definition) is 3. The Kier molecular flexibility index (Phi) is 7.10. The Morgan fingerprint density at radius 1 is 1.15 bits per heavy atom. The highest BCUT2D eigenvalue weighted by Crippen LogP contribution is 2.21. The molecule has 0 saturated heterocycles. The second-order valence-corrected chi connectivity index (χ2v) is 6.91. The Bertz CT molecular complexity index is 893. The number of carbonyl (C=O) groups is 2. The molecule has 0 aliphatic rings. The molecule has 27 heavy (non-hydrogen) atoms. The van der Waals surface area contributed by atoms with Gasteiger partial charge < -0.3 is 10.4 Å². The molecule has 0 bridgehead atoms. The lowest BCUT2D eigenvalue weighted by atomic mass is 10.0. The predicted molar refractivity (Wildman–Crippen MR) is 112 cm³/mol. The lowest BCUT2D eigenvalue weighted by Gasteiger charge is -2.09. The SMILES string of the molecule is CC(C)c1ccc(C=CC(=O)NC(=S)Nc2ccc(C(=O)O)c(Cl)c2)cc1. The van der Waals surface area contributed by atoms with E-state index in [1.807, 2.05) is 24.3 Å². The van der Waals surface area contributed by atoms with Gasteiger partial charge in [0.1, 0.15) is 0 Å². The molecule has 2 rings (SSSR count). The number of rotatable bonds is 5. The normalized spacial score (nSPS) is 10.8. The summed E-state index contributed by atoms with van der Waals surface area (Å²) in [7, 11) is 0. The topological polar surface area (TPSA) is 78.4 Å². The zero-order valence-electron chi connectivity index (χ0n) is 14.8. The lowest BCUT2D eigenvalue weighted by Crippen LogP contribution is -2.32. The summed E-state index contributed by atoms with van der Waals surface area (Å²) in [5.74, 6) is -1.05. The van der Waals surface area contributed by atoms with Gasteiger partial charge in [-0.1, -0.05) is 49.7 Å². The first-order valence-corrected chi connectivity index (χ1v) is 8.97. The van der Waals surface area contributed by atoms with E-state index in [-0.39, 0.29) is 21.6 Å². The van der Waals surface area contributed by atoms with Crippen LogP contribution < -0.4 is 10.6 Å². The van der Waals surface area contributed by atoms with Crippen molar-refractivity contribution in [2.24, 2.45) is 0 Å². The molecule has 0 unspecified atom stereocenters. The number of carboxylic acid groups (broad SMARTS) is 1. The van der Waals surface area contributed by atoms with Gasteiger partial charge in [0.2, 0.25) is 5.91 Å². The minimum Gasteiger partial charge on any atom is -0.478 e. The van der Waals surface area contributed by atoms with Crippen LogP contribution in [0.3, 0.4) is 0 Å². The largest absolute Gasteiger partial charge is 0.478 e. The molecule has 0 radical (unpaired) electrons. The van der Waals surface area contributed by atoms with Gasteiger partial charge in [0.25, 0.3) is 0 Å². The number of hydrogen-bond acceptors (Lipinski definition) is 3. The van der Waals surface area contributed by atoms with E-state index in [9.17, 15) is 9.59 Å². The average Bonchev–Trinajstić information content (AvgIpc) is 2.60. The first-order valence-electron chi connectivity index (χ1n) is 8.19. The summed E-state index contributed by atoms with van der Waals surface area (Å²) in [6.45, 7) is 4.24. The molecule has 0 saturated carbocycles. The molecule has 3 N–H and O–H groups in total. The maximum absolute atomic E-state index is 12.0. The minimum atomic E-state index is -1.12. The van der Waals surface area contributed by atoms with Crippen LogP contribution in [-0.2, 0) is 4.79 Å². The molecule has 0 aliphatic heterocycles. The molecule has 0 fully saturated rings. The standard InChI is InChI=1S/C20H19ClN2O3S/c1-12(2)14-6-3-13(4-7-14)5-10-18(24)23-20(27)22-15-8-9-16(19(25)26)17(21)11-15/h3-12H,1-2H3,(H,25,26)(H2,22,23,24,27). The molecule has 0 aromatic heterocycles. The number of carboxylic acids is 1. The minimum absolute atomic E-state index is 0.0106. The van der Waals surface area contributed by atoms with Gasteiger partial charge in [-0.05, 0) is 53.5 Å². The first-order chi connectivity index (χ1) is 12.8. The van der Waals surface area contributed by atoms with Crippen LogP contribution in [0.1, 0.15) is 41.3 Å². The summed E-state index contributed by atoms with van der Waals surface area (Å²) in [6, 6.07) is 12.2. The fourth-order valence-electron chi connectivity index (χ4n) is 2.25. The monoisotopic (exact) mass is 402 g/mol. The van der Waals surface area contributed by atoms with Gasteiger partial charge in [-0.2, -0.15) is 0 Å². The highest BCUT2D eigenvalue weighted by Gasteiger charge is 2.10. The van der Waals surface area contributed by atoms with Crippen molar-refractivity contribution in [2.75, 3.05) is 5.32 Å². The Balaban J connectivity index is 1.92. The van der Waals surface area contributed by atoms with E-state index in [1.54, 1.807) is 6.08 Å². The van der Waals surface area contributed by atoms with E-state index < -0.39 is 5.97 Å². The van der Waals surface area contributed by atoms with E-state index in [0.717, 1.165) is 5.56 Å². The van der Waals surface area contributed by atoms with Gasteiger partial charge >= 0.3 is 5.97 Å². The number of halogens is 1. The van der Waals surface area contributed by atoms with Crippen LogP contribution in [0.25, 0.3) is 6.08 Å². The summed E-state index contributed by atoms with van der Waals surface area (Å²) in [5, 5.41) is 14.4. The zero-order chi connectivity index (χ0) is 20.0. The smallest absolute Gasteiger partial charge is 0.337 e. The van der Waals surface area contributed by atoms with Crippen molar-refractivity contribution in [1.82, 2.24) is 5.32 Å². The number of anilines is 1. The Labute approximate surface area is 168 Å². The Hall–Kier alpha value is -2.70. The van der Waals surface area contributed by atoms with Crippen LogP contribution >= 0.6 is 23.8 Å². The van der Waals surface area contributed by atoms with Crippen LogP contribution in [-0.4, -0.2) is 22.1 Å². The number of thiocarbonyl (C=S) groups is 1. The molecule has 5 nitrogen and oxygen atoms in total. The second kappa shape index (κ2) is 9.30. The van der Waals surface area contributed by atoms with Gasteiger partial charge in [0, 0.05) is 11.8 Å². The lowest BCUT2D eigenvalue weighted by molar-refractivity contribution is -0.115. The molecule has 140 valence electrons. The van der Waals surface area contributed by atoms with Crippen molar-refractivity contribution in [2.45, 2.75) is 19.8 Å². The molecular formula is C20H19ClN2O3S. The number of benzene rings is 2. The second-order valence-electron chi connectivity index (χ2n) is 6.10. The fourth-order valence-corrected chi connectivity index (χ4v) is 2.73. The molecule has 0 aliphatic carbocycles. The van der Waals surface area contributed by atoms with Crippen molar-refractivity contribution in [1.29, 1.82) is 0 Å². The molecule has 0 heterocycles. The molecule has 2 aromatic carbocycles. The van der Waals surface area contributed by atoms with Crippen molar-refractivity contribution < 1.29 is 14.7 Å². The number of aromatic carboxylic acids is 1. The maximum Gasteiger partial charge on any atom is 0.337 e. The van der Waals surface area contributed by atoms with Crippen molar-refractivity contribution in [3.8, 4) is 0 Å². The van der Waals surface area contributed by atoms with Crippen LogP contribution in [0, 0.1) is 0 Å². The van der Waals surface area contributed by atoms with Gasteiger partial charge in [-0.3, -0.25) is 10.1 Å². The molecule has 2 aromatic rings. The van der Waals surface area contributed by atoms with E-state index in [4.69, 9.17) is 28.9 Å². The van der Waals surface area contributed by atoms with Gasteiger partial charge in [0.15, 0.2) is 5.11 Å². The highest BCUT2D eigenvalue weighted by molar-refractivity contribution is 7.80. The molecular weight excluding hydrogens is 384 g/mol. The summed E-state index contributed by atoms with van der Waals surface area (Å²) >= 11 is 11.0. The predicted octanol–water partition coefficient (Wildman–Crippen LogP) is 4.69. The Morgan fingerprint density at radius 3 is 2.37 bits per heavy atom. The van der Waals surface area contributed by atoms with Crippen molar-refractivity contribution in [3.05, 3.63) is 70.3 Å². The Morgan fingerprint density at radius 2 is 1.81 bits per heavy atom. The summed E-state index contributed by atoms with van der Waals surface area (Å²) < 4.78 is 0. The van der Waals surface area contributed by atoms with Crippen LogP contribution in [0.4, 0.5) is 5.69 Å².